The standard InChI is InChI=1S/C10H9F3N2O/c11-10(12,13)8-4-6(9(14)16)3-7(15-8)5-1-2-5/h3-5H,1-2H2,(H2,14,16). The van der Waals surface area contributed by atoms with Crippen LogP contribution in [-0.2, 0) is 6.18 Å². The molecule has 1 aromatic rings. The maximum atomic E-state index is 12.5. The van der Waals surface area contributed by atoms with E-state index in [4.69, 9.17) is 5.73 Å². The number of pyridine rings is 1. The molecule has 1 heterocycles. The van der Waals surface area contributed by atoms with Gasteiger partial charge in [0.05, 0.1) is 0 Å². The molecule has 1 aliphatic carbocycles. The Morgan fingerprint density at radius 3 is 2.44 bits per heavy atom. The van der Waals surface area contributed by atoms with Crippen molar-refractivity contribution in [1.82, 2.24) is 4.98 Å². The Bertz CT molecular complexity index is 438. The van der Waals surface area contributed by atoms with Gasteiger partial charge in [-0.05, 0) is 25.0 Å². The van der Waals surface area contributed by atoms with Crippen molar-refractivity contribution < 1.29 is 18.0 Å². The molecular formula is C10H9F3N2O. The van der Waals surface area contributed by atoms with E-state index in [9.17, 15) is 18.0 Å². The summed E-state index contributed by atoms with van der Waals surface area (Å²) in [7, 11) is 0. The molecule has 2 rings (SSSR count). The van der Waals surface area contributed by atoms with E-state index in [1.54, 1.807) is 0 Å². The molecule has 3 nitrogen and oxygen atoms in total. The summed E-state index contributed by atoms with van der Waals surface area (Å²) in [5, 5.41) is 0. The molecule has 2 N–H and O–H groups in total. The Kier molecular flexibility index (Phi) is 2.36. The van der Waals surface area contributed by atoms with Crippen molar-refractivity contribution in [2.24, 2.45) is 5.73 Å². The predicted octanol–water partition coefficient (Wildman–Crippen LogP) is 2.08. The molecule has 0 radical (unpaired) electrons. The maximum absolute atomic E-state index is 12.5. The largest absolute Gasteiger partial charge is 0.433 e. The third-order valence-corrected chi connectivity index (χ3v) is 2.42. The second-order valence-corrected chi connectivity index (χ2v) is 3.80. The molecule has 1 aliphatic rings. The van der Waals surface area contributed by atoms with Crippen molar-refractivity contribution in [3.8, 4) is 0 Å². The lowest BCUT2D eigenvalue weighted by Crippen LogP contribution is -2.16. The van der Waals surface area contributed by atoms with Crippen LogP contribution in [0.1, 0.15) is 40.5 Å². The average molecular weight is 230 g/mol. The van der Waals surface area contributed by atoms with E-state index in [1.165, 1.54) is 6.07 Å². The lowest BCUT2D eigenvalue weighted by atomic mass is 10.1. The lowest BCUT2D eigenvalue weighted by Gasteiger charge is -2.09. The van der Waals surface area contributed by atoms with Crippen molar-refractivity contribution >= 4 is 5.91 Å². The number of nitrogens with zero attached hydrogens (tertiary/aromatic N) is 1. The molecule has 1 fully saturated rings. The summed E-state index contributed by atoms with van der Waals surface area (Å²) in [6.07, 6.45) is -2.92. The number of carbonyl (C=O) groups is 1. The summed E-state index contributed by atoms with van der Waals surface area (Å²) in [6, 6.07) is 2.03. The lowest BCUT2D eigenvalue weighted by molar-refractivity contribution is -0.141. The fraction of sp³-hybridized carbons (Fsp3) is 0.400. The van der Waals surface area contributed by atoms with Gasteiger partial charge in [0, 0.05) is 17.2 Å². The highest BCUT2D eigenvalue weighted by atomic mass is 19.4. The highest BCUT2D eigenvalue weighted by Crippen LogP contribution is 2.40. The van der Waals surface area contributed by atoms with Crippen molar-refractivity contribution in [2.75, 3.05) is 0 Å². The van der Waals surface area contributed by atoms with Crippen molar-refractivity contribution in [3.63, 3.8) is 0 Å². The Morgan fingerprint density at radius 2 is 2.00 bits per heavy atom. The third-order valence-electron chi connectivity index (χ3n) is 2.42. The molecule has 0 saturated heterocycles. The minimum absolute atomic E-state index is 0.0420. The Hall–Kier alpha value is -1.59. The minimum Gasteiger partial charge on any atom is -0.366 e. The van der Waals surface area contributed by atoms with E-state index >= 15 is 0 Å². The molecule has 1 aromatic heterocycles. The monoisotopic (exact) mass is 230 g/mol. The number of nitrogens with two attached hydrogens (primary N) is 1. The summed E-state index contributed by atoms with van der Waals surface area (Å²) < 4.78 is 37.4. The van der Waals surface area contributed by atoms with Gasteiger partial charge in [0.25, 0.3) is 0 Å². The minimum atomic E-state index is -4.55. The molecule has 6 heteroatoms. The first kappa shape index (κ1) is 10.9. The number of rotatable bonds is 2. The second kappa shape index (κ2) is 3.47. The number of amides is 1. The molecule has 0 unspecified atom stereocenters. The number of carbonyl (C=O) groups excluding carboxylic acids is 1. The van der Waals surface area contributed by atoms with Crippen molar-refractivity contribution in [2.45, 2.75) is 24.9 Å². The van der Waals surface area contributed by atoms with Gasteiger partial charge in [0.2, 0.25) is 5.91 Å². The molecule has 0 spiro atoms. The van der Waals surface area contributed by atoms with E-state index in [-0.39, 0.29) is 11.5 Å². The van der Waals surface area contributed by atoms with E-state index in [1.807, 2.05) is 0 Å². The molecule has 0 atom stereocenters. The van der Waals surface area contributed by atoms with Gasteiger partial charge in [0.1, 0.15) is 5.69 Å². The first-order chi connectivity index (χ1) is 7.38. The van der Waals surface area contributed by atoms with Crippen LogP contribution in [0.5, 0.6) is 0 Å². The zero-order chi connectivity index (χ0) is 11.9. The Morgan fingerprint density at radius 1 is 1.38 bits per heavy atom. The fourth-order valence-corrected chi connectivity index (χ4v) is 1.43. The van der Waals surface area contributed by atoms with Gasteiger partial charge in [-0.2, -0.15) is 13.2 Å². The molecule has 86 valence electrons. The van der Waals surface area contributed by atoms with Crippen LogP contribution in [-0.4, -0.2) is 10.9 Å². The highest BCUT2D eigenvalue weighted by Gasteiger charge is 2.35. The van der Waals surface area contributed by atoms with Crippen LogP contribution < -0.4 is 5.73 Å². The molecule has 16 heavy (non-hydrogen) atoms. The van der Waals surface area contributed by atoms with E-state index < -0.39 is 17.8 Å². The second-order valence-electron chi connectivity index (χ2n) is 3.80. The number of aromatic nitrogens is 1. The van der Waals surface area contributed by atoms with Crippen LogP contribution in [0.15, 0.2) is 12.1 Å². The third kappa shape index (κ3) is 2.15. The van der Waals surface area contributed by atoms with Gasteiger partial charge in [0.15, 0.2) is 0 Å². The van der Waals surface area contributed by atoms with E-state index in [0.29, 0.717) is 11.8 Å². The van der Waals surface area contributed by atoms with Crippen molar-refractivity contribution in [3.05, 3.63) is 29.1 Å². The quantitative estimate of drug-likeness (QED) is 0.845. The molecule has 1 saturated carbocycles. The van der Waals surface area contributed by atoms with Gasteiger partial charge in [-0.1, -0.05) is 0 Å². The summed E-state index contributed by atoms with van der Waals surface area (Å²) in [5.41, 5.74) is 4.10. The van der Waals surface area contributed by atoms with Crippen LogP contribution in [0, 0.1) is 0 Å². The summed E-state index contributed by atoms with van der Waals surface area (Å²) >= 11 is 0. The average Bonchev–Trinajstić information content (AvgIpc) is 2.98. The molecule has 1 amide bonds. The van der Waals surface area contributed by atoms with Crippen LogP contribution >= 0.6 is 0 Å². The normalized spacial score (nSPS) is 16.2. The Labute approximate surface area is 89.5 Å². The first-order valence-corrected chi connectivity index (χ1v) is 4.77. The van der Waals surface area contributed by atoms with E-state index in [2.05, 4.69) is 4.98 Å². The fourth-order valence-electron chi connectivity index (χ4n) is 1.43. The maximum Gasteiger partial charge on any atom is 0.433 e. The van der Waals surface area contributed by atoms with Crippen molar-refractivity contribution in [1.29, 1.82) is 0 Å². The van der Waals surface area contributed by atoms with Gasteiger partial charge in [-0.15, -0.1) is 0 Å². The zero-order valence-corrected chi connectivity index (χ0v) is 8.21. The van der Waals surface area contributed by atoms with Crippen LogP contribution in [0.4, 0.5) is 13.2 Å². The van der Waals surface area contributed by atoms with E-state index in [0.717, 1.165) is 12.8 Å². The SMILES string of the molecule is NC(=O)c1cc(C2CC2)nc(C(F)(F)F)c1. The van der Waals surface area contributed by atoms with Gasteiger partial charge < -0.3 is 5.73 Å². The number of hydrogen-bond donors (Lipinski definition) is 1. The molecule has 0 aliphatic heterocycles. The highest BCUT2D eigenvalue weighted by molar-refractivity contribution is 5.93. The summed E-state index contributed by atoms with van der Waals surface area (Å²) in [6.45, 7) is 0. The number of hydrogen-bond acceptors (Lipinski definition) is 2. The van der Waals surface area contributed by atoms with Crippen LogP contribution in [0.2, 0.25) is 0 Å². The number of alkyl halides is 3. The smallest absolute Gasteiger partial charge is 0.366 e. The summed E-state index contributed by atoms with van der Waals surface area (Å²) in [5.74, 6) is -0.824. The van der Waals surface area contributed by atoms with Gasteiger partial charge in [-0.3, -0.25) is 4.79 Å². The zero-order valence-electron chi connectivity index (χ0n) is 8.21. The molecular weight excluding hydrogens is 221 g/mol. The Balaban J connectivity index is 2.48. The van der Waals surface area contributed by atoms with Gasteiger partial charge >= 0.3 is 6.18 Å². The molecule has 0 aromatic carbocycles. The predicted molar refractivity (Wildman–Crippen MR) is 49.7 cm³/mol. The first-order valence-electron chi connectivity index (χ1n) is 4.77. The topological polar surface area (TPSA) is 56.0 Å². The van der Waals surface area contributed by atoms with Crippen LogP contribution in [0.3, 0.4) is 0 Å². The molecule has 0 bridgehead atoms. The number of halogens is 3. The number of primary amides is 1. The van der Waals surface area contributed by atoms with Crippen LogP contribution in [0.25, 0.3) is 0 Å². The summed E-state index contributed by atoms with van der Waals surface area (Å²) in [4.78, 5) is 14.4. The van der Waals surface area contributed by atoms with Gasteiger partial charge in [-0.25, -0.2) is 4.98 Å².